The Kier molecular flexibility index (Phi) is 2.78. The molecule has 0 amide bonds. The molecule has 0 aromatic heterocycles. The van der Waals surface area contributed by atoms with Crippen LogP contribution in [-0.2, 0) is 4.79 Å². The van der Waals surface area contributed by atoms with E-state index in [0.29, 0.717) is 5.78 Å². The number of carbonyl (C=O) groups is 1. The molecule has 0 aliphatic heterocycles. The smallest absolute Gasteiger partial charge is 0.158 e. The molecule has 0 heterocycles. The van der Waals surface area contributed by atoms with Crippen LogP contribution in [0.15, 0.2) is 35.9 Å². The second kappa shape index (κ2) is 4.23. The molecule has 0 N–H and O–H groups in total. The molecule has 1 saturated carbocycles. The summed E-state index contributed by atoms with van der Waals surface area (Å²) in [5.41, 5.74) is 2.14. The molecule has 1 heteroatoms. The van der Waals surface area contributed by atoms with E-state index in [1.807, 2.05) is 36.4 Å². The summed E-state index contributed by atoms with van der Waals surface area (Å²) in [6.07, 6.45) is 5.93. The fraction of sp³-hybridized carbons (Fsp3) is 0.308. The predicted octanol–water partition coefficient (Wildman–Crippen LogP) is 3.21. The molecule has 0 bridgehead atoms. The van der Waals surface area contributed by atoms with E-state index in [4.69, 9.17) is 0 Å². The number of carbonyl (C=O) groups excluding carboxylic acids is 1. The third kappa shape index (κ3) is 2.11. The van der Waals surface area contributed by atoms with Gasteiger partial charge in [0.05, 0.1) is 0 Å². The zero-order chi connectivity index (χ0) is 9.80. The molecule has 1 aliphatic carbocycles. The highest BCUT2D eigenvalue weighted by Gasteiger charge is 2.14. The van der Waals surface area contributed by atoms with Crippen LogP contribution in [0.3, 0.4) is 0 Å². The van der Waals surface area contributed by atoms with Gasteiger partial charge in [-0.05, 0) is 36.5 Å². The Labute approximate surface area is 84.5 Å². The van der Waals surface area contributed by atoms with Crippen molar-refractivity contribution in [3.8, 4) is 0 Å². The Balaban J connectivity index is 2.21. The number of rotatable bonds is 1. The highest BCUT2D eigenvalue weighted by molar-refractivity contribution is 6.00. The first-order valence-electron chi connectivity index (χ1n) is 5.15. The molecular formula is C13H14O. The van der Waals surface area contributed by atoms with Gasteiger partial charge in [-0.1, -0.05) is 30.3 Å². The minimum Gasteiger partial charge on any atom is -0.295 e. The topological polar surface area (TPSA) is 17.1 Å². The number of ketones is 1. The highest BCUT2D eigenvalue weighted by atomic mass is 16.1. The summed E-state index contributed by atoms with van der Waals surface area (Å²) in [4.78, 5) is 11.5. The van der Waals surface area contributed by atoms with E-state index in [9.17, 15) is 4.79 Å². The van der Waals surface area contributed by atoms with E-state index < -0.39 is 0 Å². The number of hydrogen-bond donors (Lipinski definition) is 0. The van der Waals surface area contributed by atoms with Crippen LogP contribution in [0, 0.1) is 0 Å². The van der Waals surface area contributed by atoms with Crippen LogP contribution in [-0.4, -0.2) is 5.78 Å². The normalized spacial score (nSPS) is 20.0. The summed E-state index contributed by atoms with van der Waals surface area (Å²) in [6.45, 7) is 0. The van der Waals surface area contributed by atoms with E-state index >= 15 is 0 Å². The van der Waals surface area contributed by atoms with E-state index in [2.05, 4.69) is 0 Å². The molecule has 1 nitrogen and oxygen atoms in total. The van der Waals surface area contributed by atoms with Gasteiger partial charge in [-0.3, -0.25) is 4.79 Å². The van der Waals surface area contributed by atoms with E-state index in [1.165, 1.54) is 0 Å². The molecule has 1 aromatic carbocycles. The Morgan fingerprint density at radius 2 is 1.71 bits per heavy atom. The number of allylic oxidation sites excluding steroid dienone is 1. The van der Waals surface area contributed by atoms with Gasteiger partial charge in [0.15, 0.2) is 5.78 Å². The van der Waals surface area contributed by atoms with Gasteiger partial charge in [-0.15, -0.1) is 0 Å². The molecule has 1 aromatic rings. The molecule has 2 rings (SSSR count). The first kappa shape index (κ1) is 9.20. The molecule has 0 unspecified atom stereocenters. The van der Waals surface area contributed by atoms with Crippen LogP contribution in [0.25, 0.3) is 6.08 Å². The van der Waals surface area contributed by atoms with Gasteiger partial charge in [-0.25, -0.2) is 0 Å². The van der Waals surface area contributed by atoms with Crippen molar-refractivity contribution in [2.75, 3.05) is 0 Å². The SMILES string of the molecule is O=C1CCCC/C1=C\c1ccccc1. The molecule has 14 heavy (non-hydrogen) atoms. The lowest BCUT2D eigenvalue weighted by Crippen LogP contribution is -2.07. The zero-order valence-electron chi connectivity index (χ0n) is 8.20. The Hall–Kier alpha value is -1.37. The zero-order valence-corrected chi connectivity index (χ0v) is 8.20. The van der Waals surface area contributed by atoms with Crippen LogP contribution >= 0.6 is 0 Å². The summed E-state index contributed by atoms with van der Waals surface area (Å²) in [7, 11) is 0. The summed E-state index contributed by atoms with van der Waals surface area (Å²) in [6, 6.07) is 10.1. The summed E-state index contributed by atoms with van der Waals surface area (Å²) in [5, 5.41) is 0. The van der Waals surface area contributed by atoms with Gasteiger partial charge >= 0.3 is 0 Å². The summed E-state index contributed by atoms with van der Waals surface area (Å²) < 4.78 is 0. The van der Waals surface area contributed by atoms with Gasteiger partial charge in [-0.2, -0.15) is 0 Å². The maximum atomic E-state index is 11.5. The minimum atomic E-state index is 0.333. The van der Waals surface area contributed by atoms with Crippen molar-refractivity contribution in [3.63, 3.8) is 0 Å². The Morgan fingerprint density at radius 3 is 2.43 bits per heavy atom. The average molecular weight is 186 g/mol. The minimum absolute atomic E-state index is 0.333. The Morgan fingerprint density at radius 1 is 1.00 bits per heavy atom. The van der Waals surface area contributed by atoms with Gasteiger partial charge in [0.2, 0.25) is 0 Å². The van der Waals surface area contributed by atoms with Gasteiger partial charge in [0.1, 0.15) is 0 Å². The predicted molar refractivity (Wildman–Crippen MR) is 57.9 cm³/mol. The van der Waals surface area contributed by atoms with Gasteiger partial charge in [0.25, 0.3) is 0 Å². The van der Waals surface area contributed by atoms with E-state index in [1.54, 1.807) is 0 Å². The van der Waals surface area contributed by atoms with Crippen molar-refractivity contribution < 1.29 is 4.79 Å². The van der Waals surface area contributed by atoms with Gasteiger partial charge in [0, 0.05) is 6.42 Å². The molecule has 72 valence electrons. The third-order valence-electron chi connectivity index (χ3n) is 2.60. The Bertz CT molecular complexity index is 349. The first-order valence-corrected chi connectivity index (χ1v) is 5.15. The van der Waals surface area contributed by atoms with E-state index in [0.717, 1.165) is 36.8 Å². The molecule has 1 aliphatic rings. The molecule has 0 saturated heterocycles. The maximum absolute atomic E-state index is 11.5. The van der Waals surface area contributed by atoms with Crippen LogP contribution in [0.5, 0.6) is 0 Å². The van der Waals surface area contributed by atoms with Crippen molar-refractivity contribution in [3.05, 3.63) is 41.5 Å². The number of Topliss-reactive ketones (excluding diaryl/α,β-unsaturated/α-hetero) is 1. The van der Waals surface area contributed by atoms with Crippen LogP contribution in [0.1, 0.15) is 31.2 Å². The number of benzene rings is 1. The maximum Gasteiger partial charge on any atom is 0.158 e. The molecule has 0 radical (unpaired) electrons. The lowest BCUT2D eigenvalue weighted by atomic mass is 9.92. The van der Waals surface area contributed by atoms with Crippen molar-refractivity contribution >= 4 is 11.9 Å². The second-order valence-electron chi connectivity index (χ2n) is 3.71. The third-order valence-corrected chi connectivity index (χ3v) is 2.60. The molecular weight excluding hydrogens is 172 g/mol. The van der Waals surface area contributed by atoms with Crippen molar-refractivity contribution in [2.24, 2.45) is 0 Å². The molecule has 0 spiro atoms. The van der Waals surface area contributed by atoms with Crippen molar-refractivity contribution in [2.45, 2.75) is 25.7 Å². The fourth-order valence-electron chi connectivity index (χ4n) is 1.80. The standard InChI is InChI=1S/C13H14O/c14-13-9-5-4-8-12(13)10-11-6-2-1-3-7-11/h1-3,6-7,10H,4-5,8-9H2/b12-10+. The van der Waals surface area contributed by atoms with Crippen LogP contribution in [0.2, 0.25) is 0 Å². The summed E-state index contributed by atoms with van der Waals surface area (Å²) in [5.74, 6) is 0.333. The van der Waals surface area contributed by atoms with Crippen molar-refractivity contribution in [1.82, 2.24) is 0 Å². The first-order chi connectivity index (χ1) is 6.86. The average Bonchev–Trinajstić information content (AvgIpc) is 2.23. The van der Waals surface area contributed by atoms with E-state index in [-0.39, 0.29) is 0 Å². The van der Waals surface area contributed by atoms with Crippen LogP contribution in [0.4, 0.5) is 0 Å². The molecule has 1 fully saturated rings. The summed E-state index contributed by atoms with van der Waals surface area (Å²) >= 11 is 0. The fourth-order valence-corrected chi connectivity index (χ4v) is 1.80. The lowest BCUT2D eigenvalue weighted by Gasteiger charge is -2.12. The second-order valence-corrected chi connectivity index (χ2v) is 3.71. The lowest BCUT2D eigenvalue weighted by molar-refractivity contribution is -0.116. The molecule has 0 atom stereocenters. The van der Waals surface area contributed by atoms with Gasteiger partial charge < -0.3 is 0 Å². The largest absolute Gasteiger partial charge is 0.295 e. The highest BCUT2D eigenvalue weighted by Crippen LogP contribution is 2.21. The monoisotopic (exact) mass is 186 g/mol. The van der Waals surface area contributed by atoms with Crippen molar-refractivity contribution in [1.29, 1.82) is 0 Å². The number of hydrogen-bond acceptors (Lipinski definition) is 1. The quantitative estimate of drug-likeness (QED) is 0.615. The van der Waals surface area contributed by atoms with Crippen LogP contribution < -0.4 is 0 Å².